The molecule has 0 saturated heterocycles. The lowest BCUT2D eigenvalue weighted by Gasteiger charge is -2.22. The van der Waals surface area contributed by atoms with Crippen molar-refractivity contribution < 1.29 is 23.0 Å². The molecule has 84 valence electrons. The number of carbonyl (C=O) groups excluding carboxylic acids is 1. The van der Waals surface area contributed by atoms with E-state index in [1.807, 2.05) is 0 Å². The Morgan fingerprint density at radius 2 is 1.36 bits per heavy atom. The van der Waals surface area contributed by atoms with Crippen molar-refractivity contribution in [3.63, 3.8) is 0 Å². The molecule has 0 aromatic rings. The molecule has 0 heterocycles. The minimum atomic E-state index is -2.11. The molecule has 0 spiro atoms. The molecular formula is C9H16F2O3. The van der Waals surface area contributed by atoms with Crippen LogP contribution in [-0.2, 0) is 9.47 Å². The van der Waals surface area contributed by atoms with Crippen molar-refractivity contribution in [2.75, 3.05) is 0 Å². The normalized spacial score (nSPS) is 19.3. The van der Waals surface area contributed by atoms with Crippen LogP contribution in [0.2, 0.25) is 0 Å². The molecule has 0 saturated carbocycles. The fourth-order valence-electron chi connectivity index (χ4n) is 0.513. The van der Waals surface area contributed by atoms with Crippen molar-refractivity contribution in [1.29, 1.82) is 0 Å². The molecule has 2 atom stereocenters. The highest BCUT2D eigenvalue weighted by Gasteiger charge is 2.32. The van der Waals surface area contributed by atoms with Crippen LogP contribution in [0, 0.1) is 0 Å². The van der Waals surface area contributed by atoms with Gasteiger partial charge in [0.05, 0.1) is 0 Å². The average molecular weight is 210 g/mol. The number of carbonyl (C=O) groups is 1. The summed E-state index contributed by atoms with van der Waals surface area (Å²) in [6.07, 6.45) is -1.36. The topological polar surface area (TPSA) is 35.5 Å². The first-order valence-corrected chi connectivity index (χ1v) is 4.52. The summed E-state index contributed by atoms with van der Waals surface area (Å²) in [7, 11) is 0. The molecule has 0 N–H and O–H groups in total. The molecule has 0 aromatic heterocycles. The second-order valence-corrected chi connectivity index (χ2v) is 3.36. The Balaban J connectivity index is 4.12. The van der Waals surface area contributed by atoms with E-state index in [-0.39, 0.29) is 12.8 Å². The first-order valence-electron chi connectivity index (χ1n) is 4.52. The zero-order valence-electron chi connectivity index (χ0n) is 8.89. The van der Waals surface area contributed by atoms with Gasteiger partial charge in [0.2, 0.25) is 0 Å². The minimum Gasteiger partial charge on any atom is -0.397 e. The number of ether oxygens (including phenoxy) is 2. The van der Waals surface area contributed by atoms with Gasteiger partial charge in [-0.05, 0) is 0 Å². The van der Waals surface area contributed by atoms with Crippen molar-refractivity contribution in [2.45, 2.75) is 52.2 Å². The van der Waals surface area contributed by atoms with Crippen molar-refractivity contribution >= 4 is 6.16 Å². The molecule has 0 aromatic carbocycles. The average Bonchev–Trinajstić information content (AvgIpc) is 2.02. The van der Waals surface area contributed by atoms with Gasteiger partial charge in [0.15, 0.2) is 0 Å². The predicted octanol–water partition coefficient (Wildman–Crippen LogP) is 3.33. The SMILES string of the molecule is CCC(C)(F)OC(=O)OC(C)(F)CC. The number of rotatable bonds is 4. The maximum absolute atomic E-state index is 13.1. The lowest BCUT2D eigenvalue weighted by atomic mass is 10.3. The Morgan fingerprint density at radius 1 is 1.07 bits per heavy atom. The van der Waals surface area contributed by atoms with Gasteiger partial charge in [-0.2, -0.15) is 8.78 Å². The molecule has 0 amide bonds. The third-order valence-corrected chi connectivity index (χ3v) is 1.86. The van der Waals surface area contributed by atoms with E-state index in [9.17, 15) is 13.6 Å². The quantitative estimate of drug-likeness (QED) is 0.667. The Hall–Kier alpha value is -0.870. The van der Waals surface area contributed by atoms with Crippen LogP contribution in [0.15, 0.2) is 0 Å². The van der Waals surface area contributed by atoms with Crippen LogP contribution in [-0.4, -0.2) is 17.9 Å². The fraction of sp³-hybridized carbons (Fsp3) is 0.889. The summed E-state index contributed by atoms with van der Waals surface area (Å²) >= 11 is 0. The van der Waals surface area contributed by atoms with E-state index in [1.165, 1.54) is 13.8 Å². The van der Waals surface area contributed by atoms with Gasteiger partial charge in [-0.3, -0.25) is 0 Å². The lowest BCUT2D eigenvalue weighted by molar-refractivity contribution is -0.158. The molecule has 0 rings (SSSR count). The van der Waals surface area contributed by atoms with E-state index in [4.69, 9.17) is 0 Å². The molecule has 2 unspecified atom stereocenters. The number of hydrogen-bond donors (Lipinski definition) is 0. The van der Waals surface area contributed by atoms with Gasteiger partial charge in [0.25, 0.3) is 11.7 Å². The maximum atomic E-state index is 13.1. The molecule has 0 aliphatic heterocycles. The first-order chi connectivity index (χ1) is 6.22. The summed E-state index contributed by atoms with van der Waals surface area (Å²) in [5.74, 6) is -4.22. The molecule has 0 bridgehead atoms. The Morgan fingerprint density at radius 3 is 1.57 bits per heavy atom. The minimum absolute atomic E-state index is 0.0166. The van der Waals surface area contributed by atoms with Crippen LogP contribution in [0.5, 0.6) is 0 Å². The van der Waals surface area contributed by atoms with Gasteiger partial charge >= 0.3 is 6.16 Å². The monoisotopic (exact) mass is 210 g/mol. The highest BCUT2D eigenvalue weighted by molar-refractivity contribution is 5.60. The van der Waals surface area contributed by atoms with Gasteiger partial charge < -0.3 is 9.47 Å². The Kier molecular flexibility index (Phi) is 4.29. The van der Waals surface area contributed by atoms with E-state index in [0.29, 0.717) is 0 Å². The van der Waals surface area contributed by atoms with Crippen LogP contribution in [0.25, 0.3) is 0 Å². The van der Waals surface area contributed by atoms with Crippen LogP contribution in [0.1, 0.15) is 40.5 Å². The summed E-state index contributed by atoms with van der Waals surface area (Å²) in [4.78, 5) is 10.9. The van der Waals surface area contributed by atoms with E-state index >= 15 is 0 Å². The van der Waals surface area contributed by atoms with E-state index in [2.05, 4.69) is 9.47 Å². The van der Waals surface area contributed by atoms with Crippen LogP contribution < -0.4 is 0 Å². The van der Waals surface area contributed by atoms with Gasteiger partial charge in [0, 0.05) is 26.7 Å². The van der Waals surface area contributed by atoms with E-state index < -0.39 is 17.9 Å². The first kappa shape index (κ1) is 13.1. The molecule has 0 aliphatic rings. The number of halogens is 2. The second-order valence-electron chi connectivity index (χ2n) is 3.36. The Bertz CT molecular complexity index is 182. The third kappa shape index (κ3) is 4.99. The van der Waals surface area contributed by atoms with Crippen LogP contribution >= 0.6 is 0 Å². The highest BCUT2D eigenvalue weighted by atomic mass is 19.2. The standard InChI is InChI=1S/C9H16F2O3/c1-5-8(3,10)13-7(12)14-9(4,11)6-2/h5-6H2,1-4H3. The molecule has 0 radical (unpaired) electrons. The number of alkyl halides is 2. The lowest BCUT2D eigenvalue weighted by Crippen LogP contribution is -2.32. The summed E-state index contributed by atoms with van der Waals surface area (Å²) in [5, 5.41) is 0. The molecule has 14 heavy (non-hydrogen) atoms. The van der Waals surface area contributed by atoms with Gasteiger partial charge in [0.1, 0.15) is 0 Å². The second kappa shape index (κ2) is 4.57. The van der Waals surface area contributed by atoms with Crippen LogP contribution in [0.4, 0.5) is 13.6 Å². The highest BCUT2D eigenvalue weighted by Crippen LogP contribution is 2.22. The zero-order valence-corrected chi connectivity index (χ0v) is 8.89. The third-order valence-electron chi connectivity index (χ3n) is 1.86. The van der Waals surface area contributed by atoms with Gasteiger partial charge in [-0.1, -0.05) is 13.8 Å². The van der Waals surface area contributed by atoms with E-state index in [1.54, 1.807) is 0 Å². The Labute approximate surface area is 82.4 Å². The molecule has 5 heteroatoms. The van der Waals surface area contributed by atoms with Gasteiger partial charge in [-0.25, -0.2) is 4.79 Å². The predicted molar refractivity (Wildman–Crippen MR) is 47.2 cm³/mol. The zero-order chi connectivity index (χ0) is 11.4. The summed E-state index contributed by atoms with van der Waals surface area (Å²) in [6, 6.07) is 0. The van der Waals surface area contributed by atoms with Crippen molar-refractivity contribution in [1.82, 2.24) is 0 Å². The summed E-state index contributed by atoms with van der Waals surface area (Å²) in [5.41, 5.74) is 0. The fourth-order valence-corrected chi connectivity index (χ4v) is 0.513. The molecule has 0 aliphatic carbocycles. The molecule has 0 fully saturated rings. The van der Waals surface area contributed by atoms with Crippen molar-refractivity contribution in [3.05, 3.63) is 0 Å². The number of hydrogen-bond acceptors (Lipinski definition) is 3. The molecule has 3 nitrogen and oxygen atoms in total. The smallest absolute Gasteiger partial charge is 0.397 e. The summed E-state index contributed by atoms with van der Waals surface area (Å²) < 4.78 is 34.7. The molecular weight excluding hydrogens is 194 g/mol. The maximum Gasteiger partial charge on any atom is 0.513 e. The van der Waals surface area contributed by atoms with Crippen molar-refractivity contribution in [2.24, 2.45) is 0 Å². The van der Waals surface area contributed by atoms with Crippen LogP contribution in [0.3, 0.4) is 0 Å². The largest absolute Gasteiger partial charge is 0.513 e. The van der Waals surface area contributed by atoms with Crippen molar-refractivity contribution in [3.8, 4) is 0 Å². The summed E-state index contributed by atoms with van der Waals surface area (Å²) in [6.45, 7) is 5.16. The van der Waals surface area contributed by atoms with E-state index in [0.717, 1.165) is 13.8 Å². The van der Waals surface area contributed by atoms with Gasteiger partial charge in [-0.15, -0.1) is 0 Å².